The number of aryl methyl sites for hydroxylation is 2. The van der Waals surface area contributed by atoms with Crippen molar-refractivity contribution < 1.29 is 15.3 Å². The van der Waals surface area contributed by atoms with Crippen molar-refractivity contribution in [1.29, 1.82) is 0 Å². The summed E-state index contributed by atoms with van der Waals surface area (Å²) in [5.74, 6) is 0.480. The maximum absolute atomic E-state index is 10.3. The summed E-state index contributed by atoms with van der Waals surface area (Å²) in [4.78, 5) is 0. The maximum atomic E-state index is 10.3. The first kappa shape index (κ1) is 20.6. The Balaban J connectivity index is 2.10. The Kier molecular flexibility index (Phi) is 7.54. The van der Waals surface area contributed by atoms with Gasteiger partial charge in [-0.15, -0.1) is 0 Å². The Morgan fingerprint density at radius 3 is 2.22 bits per heavy atom. The van der Waals surface area contributed by atoms with Gasteiger partial charge in [-0.2, -0.15) is 0 Å². The highest BCUT2D eigenvalue weighted by molar-refractivity contribution is 5.47. The van der Waals surface area contributed by atoms with Crippen LogP contribution in [0.2, 0.25) is 0 Å². The van der Waals surface area contributed by atoms with E-state index in [2.05, 4.69) is 32.9 Å². The van der Waals surface area contributed by atoms with Crippen LogP contribution in [0.5, 0.6) is 17.2 Å². The molecule has 27 heavy (non-hydrogen) atoms. The molecule has 144 valence electrons. The number of aromatic hydroxyl groups is 3. The van der Waals surface area contributed by atoms with Gasteiger partial charge in [0.2, 0.25) is 0 Å². The van der Waals surface area contributed by atoms with Crippen molar-refractivity contribution in [2.75, 3.05) is 0 Å². The van der Waals surface area contributed by atoms with Gasteiger partial charge >= 0.3 is 0 Å². The minimum absolute atomic E-state index is 0.0845. The summed E-state index contributed by atoms with van der Waals surface area (Å²) in [5, 5.41) is 29.6. The minimum Gasteiger partial charge on any atom is -0.508 e. The van der Waals surface area contributed by atoms with Crippen LogP contribution < -0.4 is 0 Å². The van der Waals surface area contributed by atoms with Gasteiger partial charge in [-0.1, -0.05) is 35.4 Å². The molecule has 0 radical (unpaired) electrons. The fourth-order valence-electron chi connectivity index (χ4n) is 3.07. The average molecular weight is 367 g/mol. The van der Waals surface area contributed by atoms with E-state index in [1.54, 1.807) is 18.2 Å². The SMILES string of the molecule is CC(C)=CCCC(C)=CCc1c(O)cc(O)cc1CCc1ccc(O)cc1. The monoisotopic (exact) mass is 366 g/mol. The van der Waals surface area contributed by atoms with Crippen molar-refractivity contribution >= 4 is 0 Å². The highest BCUT2D eigenvalue weighted by Crippen LogP contribution is 2.29. The Labute approximate surface area is 162 Å². The van der Waals surface area contributed by atoms with Crippen molar-refractivity contribution in [2.45, 2.75) is 52.9 Å². The normalized spacial score (nSPS) is 11.4. The van der Waals surface area contributed by atoms with Gasteiger partial charge in [0, 0.05) is 11.6 Å². The molecule has 0 aliphatic rings. The lowest BCUT2D eigenvalue weighted by atomic mass is 9.95. The predicted molar refractivity (Wildman–Crippen MR) is 111 cm³/mol. The largest absolute Gasteiger partial charge is 0.508 e. The van der Waals surface area contributed by atoms with E-state index in [1.807, 2.05) is 12.1 Å². The summed E-state index contributed by atoms with van der Waals surface area (Å²) in [5.41, 5.74) is 5.55. The lowest BCUT2D eigenvalue weighted by molar-refractivity contribution is 0.445. The molecule has 3 heteroatoms. The van der Waals surface area contributed by atoms with Gasteiger partial charge < -0.3 is 15.3 Å². The van der Waals surface area contributed by atoms with Gasteiger partial charge in [-0.3, -0.25) is 0 Å². The second-order valence-corrected chi connectivity index (χ2v) is 7.34. The molecule has 3 N–H and O–H groups in total. The van der Waals surface area contributed by atoms with E-state index in [4.69, 9.17) is 0 Å². The number of hydrogen-bond acceptors (Lipinski definition) is 3. The number of allylic oxidation sites excluding steroid dienone is 4. The van der Waals surface area contributed by atoms with Gasteiger partial charge in [-0.25, -0.2) is 0 Å². The number of rotatable bonds is 8. The highest BCUT2D eigenvalue weighted by atomic mass is 16.3. The van der Waals surface area contributed by atoms with E-state index in [0.29, 0.717) is 12.8 Å². The van der Waals surface area contributed by atoms with E-state index in [1.165, 1.54) is 17.2 Å². The molecule has 0 fully saturated rings. The molecule has 2 rings (SSSR count). The predicted octanol–water partition coefficient (Wildman–Crippen LogP) is 5.82. The summed E-state index contributed by atoms with van der Waals surface area (Å²) in [6, 6.07) is 10.3. The van der Waals surface area contributed by atoms with Crippen molar-refractivity contribution in [3.8, 4) is 17.2 Å². The van der Waals surface area contributed by atoms with Gasteiger partial charge in [0.1, 0.15) is 17.2 Å². The molecule has 0 bridgehead atoms. The van der Waals surface area contributed by atoms with Crippen molar-refractivity contribution in [2.24, 2.45) is 0 Å². The first-order valence-corrected chi connectivity index (χ1v) is 9.45. The summed E-state index contributed by atoms with van der Waals surface area (Å²) in [6.07, 6.45) is 8.57. The Morgan fingerprint density at radius 1 is 0.852 bits per heavy atom. The zero-order chi connectivity index (χ0) is 19.8. The van der Waals surface area contributed by atoms with Crippen LogP contribution >= 0.6 is 0 Å². The highest BCUT2D eigenvalue weighted by Gasteiger charge is 2.10. The Bertz CT molecular complexity index is 810. The third-order valence-electron chi connectivity index (χ3n) is 4.67. The van der Waals surface area contributed by atoms with Crippen LogP contribution in [0.25, 0.3) is 0 Å². The van der Waals surface area contributed by atoms with Crippen molar-refractivity contribution in [3.05, 3.63) is 76.4 Å². The van der Waals surface area contributed by atoms with Crippen LogP contribution in [0.3, 0.4) is 0 Å². The molecule has 0 saturated carbocycles. The molecule has 2 aromatic rings. The van der Waals surface area contributed by atoms with Crippen molar-refractivity contribution in [1.82, 2.24) is 0 Å². The lowest BCUT2D eigenvalue weighted by Gasteiger charge is -2.12. The second-order valence-electron chi connectivity index (χ2n) is 7.34. The van der Waals surface area contributed by atoms with E-state index < -0.39 is 0 Å². The molecule has 2 aromatic carbocycles. The van der Waals surface area contributed by atoms with E-state index in [0.717, 1.165) is 36.0 Å². The molecule has 0 aliphatic carbocycles. The van der Waals surface area contributed by atoms with Crippen LogP contribution in [-0.4, -0.2) is 15.3 Å². The topological polar surface area (TPSA) is 60.7 Å². The van der Waals surface area contributed by atoms with Gasteiger partial charge in [0.15, 0.2) is 0 Å². The molecule has 3 nitrogen and oxygen atoms in total. The molecule has 0 spiro atoms. The molecule has 0 aliphatic heterocycles. The third-order valence-corrected chi connectivity index (χ3v) is 4.67. The molecular formula is C24H30O3. The zero-order valence-electron chi connectivity index (χ0n) is 16.5. The average Bonchev–Trinajstić information content (AvgIpc) is 2.60. The molecule has 0 aromatic heterocycles. The van der Waals surface area contributed by atoms with E-state index in [9.17, 15) is 15.3 Å². The molecule has 0 heterocycles. The van der Waals surface area contributed by atoms with Crippen LogP contribution in [0, 0.1) is 0 Å². The van der Waals surface area contributed by atoms with Crippen LogP contribution in [0.1, 0.15) is 50.3 Å². The number of phenolic OH excluding ortho intramolecular Hbond substituents is 3. The summed E-state index contributed by atoms with van der Waals surface area (Å²) < 4.78 is 0. The standard InChI is InChI=1S/C24H30O3/c1-17(2)5-4-6-18(3)7-14-23-20(15-22(26)16-24(23)27)11-8-19-9-12-21(25)13-10-19/h5,7,9-10,12-13,15-16,25-27H,4,6,8,11,14H2,1-3H3. The zero-order valence-corrected chi connectivity index (χ0v) is 16.5. The fourth-order valence-corrected chi connectivity index (χ4v) is 3.07. The smallest absolute Gasteiger partial charge is 0.123 e. The number of benzene rings is 2. The molecular weight excluding hydrogens is 336 g/mol. The van der Waals surface area contributed by atoms with Crippen LogP contribution in [0.4, 0.5) is 0 Å². The lowest BCUT2D eigenvalue weighted by Crippen LogP contribution is -1.98. The maximum Gasteiger partial charge on any atom is 0.123 e. The number of phenols is 3. The minimum atomic E-state index is 0.0845. The first-order valence-electron chi connectivity index (χ1n) is 9.45. The third kappa shape index (κ3) is 6.86. The fraction of sp³-hybridized carbons (Fsp3) is 0.333. The van der Waals surface area contributed by atoms with Crippen molar-refractivity contribution in [3.63, 3.8) is 0 Å². The molecule has 0 amide bonds. The van der Waals surface area contributed by atoms with Crippen LogP contribution in [-0.2, 0) is 19.3 Å². The summed E-state index contributed by atoms with van der Waals surface area (Å²) in [7, 11) is 0. The van der Waals surface area contributed by atoms with E-state index >= 15 is 0 Å². The molecule has 0 atom stereocenters. The van der Waals surface area contributed by atoms with Crippen LogP contribution in [0.15, 0.2) is 59.7 Å². The Morgan fingerprint density at radius 2 is 1.56 bits per heavy atom. The van der Waals surface area contributed by atoms with E-state index in [-0.39, 0.29) is 17.2 Å². The number of hydrogen-bond donors (Lipinski definition) is 3. The Hall–Kier alpha value is -2.68. The van der Waals surface area contributed by atoms with Gasteiger partial charge in [0.25, 0.3) is 0 Å². The van der Waals surface area contributed by atoms with Gasteiger partial charge in [-0.05, 0) is 82.2 Å². The molecule has 0 saturated heterocycles. The van der Waals surface area contributed by atoms with Gasteiger partial charge in [0.05, 0.1) is 0 Å². The summed E-state index contributed by atoms with van der Waals surface area (Å²) >= 11 is 0. The molecule has 0 unspecified atom stereocenters. The quantitative estimate of drug-likeness (QED) is 0.516. The summed E-state index contributed by atoms with van der Waals surface area (Å²) in [6.45, 7) is 6.33. The first-order chi connectivity index (χ1) is 12.8. The second kappa shape index (κ2) is 9.86.